The first kappa shape index (κ1) is 16.4. The van der Waals surface area contributed by atoms with Gasteiger partial charge in [-0.25, -0.2) is 8.42 Å². The summed E-state index contributed by atoms with van der Waals surface area (Å²) in [6.45, 7) is 5.79. The second kappa shape index (κ2) is 6.87. The van der Waals surface area contributed by atoms with Crippen molar-refractivity contribution in [1.82, 2.24) is 19.8 Å². The van der Waals surface area contributed by atoms with E-state index in [0.717, 1.165) is 12.8 Å². The van der Waals surface area contributed by atoms with E-state index in [0.29, 0.717) is 42.5 Å². The lowest BCUT2D eigenvalue weighted by Crippen LogP contribution is -2.41. The van der Waals surface area contributed by atoms with E-state index in [1.165, 1.54) is 0 Å². The van der Waals surface area contributed by atoms with Crippen molar-refractivity contribution < 1.29 is 13.2 Å². The third-order valence-corrected chi connectivity index (χ3v) is 5.81. The van der Waals surface area contributed by atoms with Gasteiger partial charge in [0, 0.05) is 26.2 Å². The van der Waals surface area contributed by atoms with E-state index in [1.54, 1.807) is 18.3 Å². The predicted octanol–water partition coefficient (Wildman–Crippen LogP) is 0.627. The summed E-state index contributed by atoms with van der Waals surface area (Å²) in [5.41, 5.74) is 1.13. The minimum atomic E-state index is -3.50. The van der Waals surface area contributed by atoms with Crippen molar-refractivity contribution in [1.29, 1.82) is 0 Å². The number of piperidine rings is 1. The number of rotatable bonds is 6. The molecule has 8 heteroatoms. The molecule has 0 unspecified atom stereocenters. The minimum Gasteiger partial charge on any atom is -0.378 e. The highest BCUT2D eigenvalue weighted by Gasteiger charge is 2.33. The van der Waals surface area contributed by atoms with Crippen LogP contribution in [0.2, 0.25) is 0 Å². The lowest BCUT2D eigenvalue weighted by molar-refractivity contribution is 0.0290. The number of nitrogens with zero attached hydrogens (tertiary/aromatic N) is 2. The van der Waals surface area contributed by atoms with Gasteiger partial charge < -0.3 is 10.1 Å². The van der Waals surface area contributed by atoms with Crippen molar-refractivity contribution in [3.63, 3.8) is 0 Å². The molecule has 2 rings (SSSR count). The Labute approximate surface area is 126 Å². The first-order valence-corrected chi connectivity index (χ1v) is 8.74. The molecule has 2 heterocycles. The Morgan fingerprint density at radius 2 is 2.10 bits per heavy atom. The van der Waals surface area contributed by atoms with Gasteiger partial charge in [-0.3, -0.25) is 5.10 Å². The fourth-order valence-electron chi connectivity index (χ4n) is 2.70. The average Bonchev–Trinajstić information content (AvgIpc) is 2.82. The molecule has 0 bridgehead atoms. The third-order valence-electron chi connectivity index (χ3n) is 3.71. The summed E-state index contributed by atoms with van der Waals surface area (Å²) >= 11 is 0. The van der Waals surface area contributed by atoms with Gasteiger partial charge >= 0.3 is 0 Å². The largest absolute Gasteiger partial charge is 0.378 e. The maximum atomic E-state index is 12.8. The Hall–Kier alpha value is -0.960. The molecule has 1 aromatic heterocycles. The van der Waals surface area contributed by atoms with Crippen LogP contribution >= 0.6 is 0 Å². The van der Waals surface area contributed by atoms with Gasteiger partial charge in [-0.15, -0.1) is 0 Å². The summed E-state index contributed by atoms with van der Waals surface area (Å²) in [6, 6.07) is 0. The Morgan fingerprint density at radius 3 is 2.67 bits per heavy atom. The summed E-state index contributed by atoms with van der Waals surface area (Å²) in [5.74, 6) is 0. The lowest BCUT2D eigenvalue weighted by Gasteiger charge is -2.31. The van der Waals surface area contributed by atoms with E-state index < -0.39 is 10.0 Å². The topological polar surface area (TPSA) is 87.3 Å². The Bertz CT molecular complexity index is 562. The predicted molar refractivity (Wildman–Crippen MR) is 79.5 cm³/mol. The highest BCUT2D eigenvalue weighted by atomic mass is 32.2. The molecule has 1 saturated heterocycles. The van der Waals surface area contributed by atoms with Crippen LogP contribution in [0.5, 0.6) is 0 Å². The Balaban J connectivity index is 2.18. The van der Waals surface area contributed by atoms with E-state index >= 15 is 0 Å². The molecule has 2 N–H and O–H groups in total. The summed E-state index contributed by atoms with van der Waals surface area (Å²) in [4.78, 5) is 0.312. The maximum Gasteiger partial charge on any atom is 0.246 e. The molecule has 1 fully saturated rings. The number of sulfonamides is 1. The molecule has 120 valence electrons. The van der Waals surface area contributed by atoms with Crippen LogP contribution in [0.25, 0.3) is 0 Å². The molecule has 1 aliphatic heterocycles. The van der Waals surface area contributed by atoms with Crippen LogP contribution in [0.3, 0.4) is 0 Å². The van der Waals surface area contributed by atoms with Crippen LogP contribution in [0, 0.1) is 6.92 Å². The molecule has 0 amide bonds. The first-order valence-electron chi connectivity index (χ1n) is 7.30. The van der Waals surface area contributed by atoms with Crippen LogP contribution in [-0.4, -0.2) is 55.8 Å². The minimum absolute atomic E-state index is 0.170. The van der Waals surface area contributed by atoms with Gasteiger partial charge in [0.15, 0.2) is 0 Å². The molecule has 0 spiro atoms. The van der Waals surface area contributed by atoms with Crippen LogP contribution < -0.4 is 5.32 Å². The molecule has 21 heavy (non-hydrogen) atoms. The molecule has 0 radical (unpaired) electrons. The summed E-state index contributed by atoms with van der Waals surface area (Å²) < 4.78 is 32.8. The summed E-state index contributed by atoms with van der Waals surface area (Å²) in [7, 11) is -1.72. The van der Waals surface area contributed by atoms with Gasteiger partial charge in [0.25, 0.3) is 0 Å². The second-order valence-corrected chi connectivity index (χ2v) is 7.09. The van der Waals surface area contributed by atoms with E-state index in [9.17, 15) is 8.42 Å². The van der Waals surface area contributed by atoms with Crippen molar-refractivity contribution in [3.05, 3.63) is 11.4 Å². The van der Waals surface area contributed by atoms with Gasteiger partial charge in [-0.2, -0.15) is 9.40 Å². The van der Waals surface area contributed by atoms with Gasteiger partial charge in [0.05, 0.1) is 17.5 Å². The van der Waals surface area contributed by atoms with Gasteiger partial charge in [0.1, 0.15) is 4.90 Å². The fourth-order valence-corrected chi connectivity index (χ4v) is 4.50. The van der Waals surface area contributed by atoms with Gasteiger partial charge in [-0.05, 0) is 33.7 Å². The van der Waals surface area contributed by atoms with Crippen LogP contribution in [0.4, 0.5) is 0 Å². The van der Waals surface area contributed by atoms with Gasteiger partial charge in [0.2, 0.25) is 10.0 Å². The molecule has 1 aliphatic rings. The number of ether oxygens (including phenoxy) is 1. The molecule has 0 saturated carbocycles. The fraction of sp³-hybridized carbons (Fsp3) is 0.769. The average molecular weight is 316 g/mol. The number of aromatic amines is 1. The zero-order chi connectivity index (χ0) is 15.5. The van der Waals surface area contributed by atoms with Gasteiger partial charge in [-0.1, -0.05) is 0 Å². The molecule has 7 nitrogen and oxygen atoms in total. The summed E-state index contributed by atoms with van der Waals surface area (Å²) in [5, 5.41) is 9.82. The molecule has 0 aliphatic carbocycles. The molecular weight excluding hydrogens is 292 g/mol. The lowest BCUT2D eigenvalue weighted by atomic mass is 10.1. The monoisotopic (exact) mass is 316 g/mol. The number of aromatic nitrogens is 2. The quantitative estimate of drug-likeness (QED) is 0.803. The third kappa shape index (κ3) is 3.45. The van der Waals surface area contributed by atoms with E-state index in [4.69, 9.17) is 4.74 Å². The van der Waals surface area contributed by atoms with E-state index in [2.05, 4.69) is 15.5 Å². The zero-order valence-corrected chi connectivity index (χ0v) is 13.7. The van der Waals surface area contributed by atoms with Crippen LogP contribution in [0.15, 0.2) is 4.90 Å². The number of hydrogen-bond donors (Lipinski definition) is 2. The SMILES string of the molecule is CCOC1CCN(S(=O)(=O)c2c(CNC)n[nH]c2C)CC1. The molecule has 0 atom stereocenters. The van der Waals surface area contributed by atoms with E-state index in [1.807, 2.05) is 6.92 Å². The smallest absolute Gasteiger partial charge is 0.246 e. The highest BCUT2D eigenvalue weighted by molar-refractivity contribution is 7.89. The molecule has 0 aromatic carbocycles. The van der Waals surface area contributed by atoms with Crippen LogP contribution in [-0.2, 0) is 21.3 Å². The second-order valence-electron chi connectivity index (χ2n) is 5.21. The van der Waals surface area contributed by atoms with E-state index in [-0.39, 0.29) is 6.10 Å². The zero-order valence-electron chi connectivity index (χ0n) is 12.8. The number of aryl methyl sites for hydroxylation is 1. The number of hydrogen-bond acceptors (Lipinski definition) is 5. The normalized spacial score (nSPS) is 18.2. The first-order chi connectivity index (χ1) is 10.0. The van der Waals surface area contributed by atoms with Crippen molar-refractivity contribution in [3.8, 4) is 0 Å². The number of nitrogens with one attached hydrogen (secondary N) is 2. The Morgan fingerprint density at radius 1 is 1.43 bits per heavy atom. The van der Waals surface area contributed by atoms with Crippen molar-refractivity contribution in [2.24, 2.45) is 0 Å². The number of H-pyrrole nitrogens is 1. The standard InChI is InChI=1S/C13H24N4O3S/c1-4-20-11-5-7-17(8-6-11)21(18,19)13-10(2)15-16-12(13)9-14-3/h11,14H,4-9H2,1-3H3,(H,15,16). The summed E-state index contributed by atoms with van der Waals surface area (Å²) in [6.07, 6.45) is 1.65. The van der Waals surface area contributed by atoms with Crippen LogP contribution in [0.1, 0.15) is 31.2 Å². The van der Waals surface area contributed by atoms with Crippen molar-refractivity contribution in [2.75, 3.05) is 26.7 Å². The Kier molecular flexibility index (Phi) is 5.37. The highest BCUT2D eigenvalue weighted by Crippen LogP contribution is 2.25. The van der Waals surface area contributed by atoms with Crippen molar-refractivity contribution >= 4 is 10.0 Å². The maximum absolute atomic E-state index is 12.8. The van der Waals surface area contributed by atoms with Crippen molar-refractivity contribution in [2.45, 2.75) is 44.2 Å². The molecule has 1 aromatic rings. The molecular formula is C13H24N4O3S.